The molecule has 4 nitrogen and oxygen atoms in total. The van der Waals surface area contributed by atoms with Crippen molar-refractivity contribution in [1.82, 2.24) is 15.2 Å². The van der Waals surface area contributed by atoms with Crippen LogP contribution in [-0.2, 0) is 0 Å². The Kier molecular flexibility index (Phi) is 5.22. The van der Waals surface area contributed by atoms with Gasteiger partial charge in [0.2, 0.25) is 0 Å². The van der Waals surface area contributed by atoms with Crippen molar-refractivity contribution < 1.29 is 0 Å². The summed E-state index contributed by atoms with van der Waals surface area (Å²) in [5.74, 6) is 0. The molecule has 0 bridgehead atoms. The summed E-state index contributed by atoms with van der Waals surface area (Å²) >= 11 is 0. The lowest BCUT2D eigenvalue weighted by Gasteiger charge is -2.49. The van der Waals surface area contributed by atoms with Gasteiger partial charge in [-0.2, -0.15) is 0 Å². The van der Waals surface area contributed by atoms with Gasteiger partial charge in [-0.25, -0.2) is 0 Å². The van der Waals surface area contributed by atoms with E-state index in [1.165, 1.54) is 24.9 Å². The zero-order valence-electron chi connectivity index (χ0n) is 14.2. The molecule has 1 aromatic rings. The minimum Gasteiger partial charge on any atom is -0.371 e. The highest BCUT2D eigenvalue weighted by atomic mass is 15.2. The van der Waals surface area contributed by atoms with E-state index in [1.54, 1.807) is 0 Å². The van der Waals surface area contributed by atoms with Crippen LogP contribution in [-0.4, -0.2) is 49.7 Å². The Morgan fingerprint density at radius 2 is 2.00 bits per heavy atom. The molecule has 0 aliphatic heterocycles. The van der Waals surface area contributed by atoms with E-state index in [2.05, 4.69) is 67.2 Å². The van der Waals surface area contributed by atoms with E-state index in [0.29, 0.717) is 11.6 Å². The Hall–Kier alpha value is -1.13. The lowest BCUT2D eigenvalue weighted by molar-refractivity contribution is 0.0683. The normalized spacial score (nSPS) is 18.4. The van der Waals surface area contributed by atoms with Crippen molar-refractivity contribution in [2.75, 3.05) is 39.1 Å². The van der Waals surface area contributed by atoms with Crippen LogP contribution < -0.4 is 10.2 Å². The quantitative estimate of drug-likeness (QED) is 0.836. The molecule has 1 fully saturated rings. The first-order valence-corrected chi connectivity index (χ1v) is 8.06. The van der Waals surface area contributed by atoms with Crippen molar-refractivity contribution in [3.63, 3.8) is 0 Å². The predicted molar refractivity (Wildman–Crippen MR) is 89.9 cm³/mol. The van der Waals surface area contributed by atoms with E-state index >= 15 is 0 Å². The lowest BCUT2D eigenvalue weighted by atomic mass is 9.75. The summed E-state index contributed by atoms with van der Waals surface area (Å²) in [5.41, 5.74) is 2.67. The summed E-state index contributed by atoms with van der Waals surface area (Å²) < 4.78 is 0. The molecule has 0 amide bonds. The average Bonchev–Trinajstić information content (AvgIpc) is 2.42. The van der Waals surface area contributed by atoms with Crippen molar-refractivity contribution in [3.8, 4) is 0 Å². The van der Waals surface area contributed by atoms with Crippen LogP contribution in [0.2, 0.25) is 0 Å². The maximum atomic E-state index is 4.62. The Balaban J connectivity index is 2.01. The Bertz CT molecular complexity index is 437. The van der Waals surface area contributed by atoms with Gasteiger partial charge in [0.1, 0.15) is 0 Å². The van der Waals surface area contributed by atoms with Gasteiger partial charge in [-0.05, 0) is 59.0 Å². The zero-order valence-corrected chi connectivity index (χ0v) is 14.2. The molecule has 4 heteroatoms. The van der Waals surface area contributed by atoms with Crippen LogP contribution in [0.4, 0.5) is 5.69 Å². The fraction of sp³-hybridized carbons (Fsp3) is 0.706. The molecular formula is C17H30N4. The minimum absolute atomic E-state index is 0.314. The minimum atomic E-state index is 0.314. The highest BCUT2D eigenvalue weighted by molar-refractivity contribution is 5.44. The zero-order chi connectivity index (χ0) is 15.5. The monoisotopic (exact) mass is 290 g/mol. The van der Waals surface area contributed by atoms with Gasteiger partial charge in [0.05, 0.1) is 17.6 Å². The molecule has 0 saturated heterocycles. The van der Waals surface area contributed by atoms with Gasteiger partial charge >= 0.3 is 0 Å². The van der Waals surface area contributed by atoms with Crippen molar-refractivity contribution in [2.24, 2.45) is 0 Å². The second-order valence-electron chi connectivity index (χ2n) is 6.55. The molecule has 1 aliphatic rings. The number of pyridine rings is 1. The van der Waals surface area contributed by atoms with Gasteiger partial charge in [-0.15, -0.1) is 0 Å². The molecule has 0 radical (unpaired) electrons. The molecule has 1 N–H and O–H groups in total. The lowest BCUT2D eigenvalue weighted by Crippen LogP contribution is -2.56. The van der Waals surface area contributed by atoms with Crippen LogP contribution in [0.5, 0.6) is 0 Å². The summed E-state index contributed by atoms with van der Waals surface area (Å²) in [6, 6.07) is 4.65. The van der Waals surface area contributed by atoms with Crippen LogP contribution in [0.15, 0.2) is 18.3 Å². The largest absolute Gasteiger partial charge is 0.371 e. The van der Waals surface area contributed by atoms with Gasteiger partial charge in [-0.1, -0.05) is 6.92 Å². The van der Waals surface area contributed by atoms with Crippen LogP contribution >= 0.6 is 0 Å². The third kappa shape index (κ3) is 3.55. The van der Waals surface area contributed by atoms with Gasteiger partial charge in [-0.3, -0.25) is 4.98 Å². The van der Waals surface area contributed by atoms with Crippen molar-refractivity contribution in [3.05, 3.63) is 24.0 Å². The average molecular weight is 290 g/mol. The maximum Gasteiger partial charge on any atom is 0.0572 e. The SMILES string of the molecule is CCNC(C)c1ccc(N(C)CC2(N(C)C)CCC2)cn1. The second-order valence-corrected chi connectivity index (χ2v) is 6.55. The molecule has 1 saturated carbocycles. The molecule has 1 unspecified atom stereocenters. The molecule has 1 aromatic heterocycles. The van der Waals surface area contributed by atoms with E-state index < -0.39 is 0 Å². The first-order chi connectivity index (χ1) is 9.98. The fourth-order valence-corrected chi connectivity index (χ4v) is 3.15. The number of aromatic nitrogens is 1. The molecule has 0 spiro atoms. The molecule has 0 aromatic carbocycles. The van der Waals surface area contributed by atoms with Crippen molar-refractivity contribution in [1.29, 1.82) is 0 Å². The van der Waals surface area contributed by atoms with Gasteiger partial charge in [0, 0.05) is 25.2 Å². The number of nitrogens with zero attached hydrogens (tertiary/aromatic N) is 3. The fourth-order valence-electron chi connectivity index (χ4n) is 3.15. The summed E-state index contributed by atoms with van der Waals surface area (Å²) in [7, 11) is 6.58. The smallest absolute Gasteiger partial charge is 0.0572 e. The molecular weight excluding hydrogens is 260 g/mol. The number of rotatable bonds is 7. The predicted octanol–water partition coefficient (Wildman–Crippen LogP) is 2.67. The molecule has 1 atom stereocenters. The molecule has 2 rings (SSSR count). The third-order valence-corrected chi connectivity index (χ3v) is 4.93. The number of hydrogen-bond donors (Lipinski definition) is 1. The van der Waals surface area contributed by atoms with Crippen LogP contribution in [0.25, 0.3) is 0 Å². The van der Waals surface area contributed by atoms with Gasteiger partial charge in [0.25, 0.3) is 0 Å². The third-order valence-electron chi connectivity index (χ3n) is 4.93. The first kappa shape index (κ1) is 16.2. The summed E-state index contributed by atoms with van der Waals surface area (Å²) in [4.78, 5) is 9.35. The molecule has 118 valence electrons. The van der Waals surface area contributed by atoms with E-state index in [4.69, 9.17) is 0 Å². The van der Waals surface area contributed by atoms with Crippen molar-refractivity contribution in [2.45, 2.75) is 44.7 Å². The van der Waals surface area contributed by atoms with Crippen LogP contribution in [0.1, 0.15) is 44.8 Å². The van der Waals surface area contributed by atoms with Crippen LogP contribution in [0.3, 0.4) is 0 Å². The number of anilines is 1. The summed E-state index contributed by atoms with van der Waals surface area (Å²) in [6.45, 7) is 6.32. The number of hydrogen-bond acceptors (Lipinski definition) is 4. The Morgan fingerprint density at radius 3 is 2.43 bits per heavy atom. The standard InChI is InChI=1S/C17H30N4/c1-6-18-14(2)16-9-8-15(12-19-16)21(5)13-17(20(3)4)10-7-11-17/h8-9,12,14,18H,6-7,10-11,13H2,1-5H3. The molecule has 1 aliphatic carbocycles. The van der Waals surface area contributed by atoms with Gasteiger partial charge < -0.3 is 15.1 Å². The summed E-state index contributed by atoms with van der Waals surface area (Å²) in [6.07, 6.45) is 5.95. The Morgan fingerprint density at radius 1 is 1.29 bits per heavy atom. The van der Waals surface area contributed by atoms with E-state index in [0.717, 1.165) is 18.8 Å². The van der Waals surface area contributed by atoms with E-state index in [-0.39, 0.29) is 0 Å². The van der Waals surface area contributed by atoms with Crippen LogP contribution in [0, 0.1) is 0 Å². The maximum absolute atomic E-state index is 4.62. The Labute approximate surface area is 129 Å². The van der Waals surface area contributed by atoms with Gasteiger partial charge in [0.15, 0.2) is 0 Å². The van der Waals surface area contributed by atoms with Crippen molar-refractivity contribution >= 4 is 5.69 Å². The molecule has 21 heavy (non-hydrogen) atoms. The highest BCUT2D eigenvalue weighted by Crippen LogP contribution is 2.37. The topological polar surface area (TPSA) is 31.4 Å². The number of nitrogens with one attached hydrogen (secondary N) is 1. The number of likely N-dealkylation sites (N-methyl/N-ethyl adjacent to an activating group) is 2. The van der Waals surface area contributed by atoms with E-state index in [1.807, 2.05) is 6.20 Å². The molecule has 1 heterocycles. The van der Waals surface area contributed by atoms with E-state index in [9.17, 15) is 0 Å². The second kappa shape index (κ2) is 6.75. The first-order valence-electron chi connectivity index (χ1n) is 8.06. The summed E-state index contributed by atoms with van der Waals surface area (Å²) in [5, 5.41) is 3.40. The highest BCUT2D eigenvalue weighted by Gasteiger charge is 2.39.